The molecule has 1 aliphatic carbocycles. The van der Waals surface area contributed by atoms with E-state index in [1.807, 2.05) is 0 Å². The monoisotopic (exact) mass is 269 g/mol. The van der Waals surface area contributed by atoms with E-state index in [0.29, 0.717) is 6.10 Å². The van der Waals surface area contributed by atoms with Gasteiger partial charge in [0.25, 0.3) is 0 Å². The van der Waals surface area contributed by atoms with E-state index < -0.39 is 0 Å². The summed E-state index contributed by atoms with van der Waals surface area (Å²) in [4.78, 5) is 0. The summed E-state index contributed by atoms with van der Waals surface area (Å²) in [7, 11) is 1.78. The second-order valence-electron chi connectivity index (χ2n) is 3.45. The quantitative estimate of drug-likeness (QED) is 0.612. The molecular formula is C8H16INO. The predicted octanol–water partition coefficient (Wildman–Crippen LogP) is 1.71. The van der Waals surface area contributed by atoms with Crippen molar-refractivity contribution in [2.75, 3.05) is 11.5 Å². The maximum absolute atomic E-state index is 6.14. The third-order valence-electron chi connectivity index (χ3n) is 2.43. The first-order valence-electron chi connectivity index (χ1n) is 4.08. The van der Waals surface area contributed by atoms with Crippen molar-refractivity contribution in [1.82, 2.24) is 0 Å². The van der Waals surface area contributed by atoms with E-state index in [1.165, 1.54) is 12.8 Å². The van der Waals surface area contributed by atoms with Crippen LogP contribution in [0.3, 0.4) is 0 Å². The number of halogens is 1. The summed E-state index contributed by atoms with van der Waals surface area (Å²) in [6.07, 6.45) is 5.01. The van der Waals surface area contributed by atoms with Crippen molar-refractivity contribution in [3.05, 3.63) is 0 Å². The average Bonchev–Trinajstić information content (AvgIpc) is 2.05. The highest BCUT2D eigenvalue weighted by atomic mass is 127. The van der Waals surface area contributed by atoms with E-state index >= 15 is 0 Å². The van der Waals surface area contributed by atoms with Crippen LogP contribution in [0.15, 0.2) is 0 Å². The third kappa shape index (κ3) is 2.56. The van der Waals surface area contributed by atoms with E-state index in [9.17, 15) is 0 Å². The SMILES string of the molecule is COC1CCCC(N)(CI)C1. The zero-order valence-corrected chi connectivity index (χ0v) is 9.13. The molecule has 0 aliphatic heterocycles. The Hall–Kier alpha value is 0.650. The molecule has 2 unspecified atom stereocenters. The van der Waals surface area contributed by atoms with E-state index in [-0.39, 0.29) is 5.54 Å². The van der Waals surface area contributed by atoms with Crippen LogP contribution in [0.4, 0.5) is 0 Å². The van der Waals surface area contributed by atoms with Gasteiger partial charge in [-0.05, 0) is 25.7 Å². The second-order valence-corrected chi connectivity index (χ2v) is 4.21. The lowest BCUT2D eigenvalue weighted by molar-refractivity contribution is 0.0476. The Morgan fingerprint density at radius 2 is 2.45 bits per heavy atom. The van der Waals surface area contributed by atoms with Gasteiger partial charge in [-0.25, -0.2) is 0 Å². The minimum Gasteiger partial charge on any atom is -0.381 e. The molecule has 2 N–H and O–H groups in total. The fourth-order valence-corrected chi connectivity index (χ4v) is 2.35. The number of methoxy groups -OCH3 is 1. The summed E-state index contributed by atoms with van der Waals surface area (Å²) in [6.45, 7) is 0. The summed E-state index contributed by atoms with van der Waals surface area (Å²) < 4.78 is 6.35. The molecule has 0 heterocycles. The normalized spacial score (nSPS) is 39.0. The summed E-state index contributed by atoms with van der Waals surface area (Å²) in [5, 5.41) is 0. The van der Waals surface area contributed by atoms with Gasteiger partial charge in [0.1, 0.15) is 0 Å². The van der Waals surface area contributed by atoms with Crippen LogP contribution in [0, 0.1) is 0 Å². The number of alkyl halides is 1. The maximum Gasteiger partial charge on any atom is 0.0589 e. The van der Waals surface area contributed by atoms with Gasteiger partial charge in [0.15, 0.2) is 0 Å². The Kier molecular flexibility index (Phi) is 3.58. The lowest BCUT2D eigenvalue weighted by atomic mass is 9.82. The summed E-state index contributed by atoms with van der Waals surface area (Å²) in [5.41, 5.74) is 6.19. The molecule has 0 spiro atoms. The second kappa shape index (κ2) is 4.05. The van der Waals surface area contributed by atoms with Crippen molar-refractivity contribution < 1.29 is 4.74 Å². The largest absolute Gasteiger partial charge is 0.381 e. The van der Waals surface area contributed by atoms with Crippen molar-refractivity contribution in [1.29, 1.82) is 0 Å². The van der Waals surface area contributed by atoms with E-state index in [1.54, 1.807) is 7.11 Å². The molecule has 1 saturated carbocycles. The fourth-order valence-electron chi connectivity index (χ4n) is 1.66. The van der Waals surface area contributed by atoms with Crippen LogP contribution >= 0.6 is 22.6 Å². The molecule has 0 radical (unpaired) electrons. The van der Waals surface area contributed by atoms with Crippen LogP contribution < -0.4 is 5.73 Å². The number of rotatable bonds is 2. The number of hydrogen-bond donors (Lipinski definition) is 1. The molecule has 2 nitrogen and oxygen atoms in total. The summed E-state index contributed by atoms with van der Waals surface area (Å²) in [6, 6.07) is 0. The highest BCUT2D eigenvalue weighted by Gasteiger charge is 2.31. The van der Waals surface area contributed by atoms with Crippen molar-refractivity contribution in [2.45, 2.75) is 37.3 Å². The average molecular weight is 269 g/mol. The van der Waals surface area contributed by atoms with Gasteiger partial charge in [-0.2, -0.15) is 0 Å². The first-order valence-corrected chi connectivity index (χ1v) is 5.60. The van der Waals surface area contributed by atoms with Gasteiger partial charge in [-0.15, -0.1) is 0 Å². The molecule has 0 aromatic heterocycles. The highest BCUT2D eigenvalue weighted by molar-refractivity contribution is 14.1. The molecule has 0 saturated heterocycles. The van der Waals surface area contributed by atoms with Gasteiger partial charge in [-0.3, -0.25) is 0 Å². The van der Waals surface area contributed by atoms with Crippen molar-refractivity contribution in [2.24, 2.45) is 5.73 Å². The van der Waals surface area contributed by atoms with E-state index in [4.69, 9.17) is 10.5 Å². The Morgan fingerprint density at radius 1 is 1.73 bits per heavy atom. The first-order chi connectivity index (χ1) is 5.20. The topological polar surface area (TPSA) is 35.2 Å². The summed E-state index contributed by atoms with van der Waals surface area (Å²) in [5.74, 6) is 0. The smallest absolute Gasteiger partial charge is 0.0589 e. The Bertz CT molecular complexity index is 131. The van der Waals surface area contributed by atoms with Gasteiger partial charge < -0.3 is 10.5 Å². The van der Waals surface area contributed by atoms with Crippen LogP contribution in [0.5, 0.6) is 0 Å². The number of nitrogens with two attached hydrogens (primary N) is 1. The fraction of sp³-hybridized carbons (Fsp3) is 1.00. The molecule has 2 atom stereocenters. The van der Waals surface area contributed by atoms with Crippen molar-refractivity contribution in [3.63, 3.8) is 0 Å². The molecule has 1 aliphatic rings. The number of ether oxygens (including phenoxy) is 1. The van der Waals surface area contributed by atoms with Crippen LogP contribution in [0.2, 0.25) is 0 Å². The van der Waals surface area contributed by atoms with Crippen LogP contribution in [0.25, 0.3) is 0 Å². The van der Waals surface area contributed by atoms with Gasteiger partial charge in [0.2, 0.25) is 0 Å². The first kappa shape index (κ1) is 9.74. The minimum atomic E-state index is 0.0550. The molecular weight excluding hydrogens is 253 g/mol. The molecule has 1 fully saturated rings. The molecule has 0 bridgehead atoms. The molecule has 11 heavy (non-hydrogen) atoms. The molecule has 66 valence electrons. The van der Waals surface area contributed by atoms with Crippen molar-refractivity contribution >= 4 is 22.6 Å². The lowest BCUT2D eigenvalue weighted by Crippen LogP contribution is -2.47. The zero-order valence-electron chi connectivity index (χ0n) is 6.98. The molecule has 0 aromatic carbocycles. The van der Waals surface area contributed by atoms with Gasteiger partial charge in [0, 0.05) is 17.1 Å². The van der Waals surface area contributed by atoms with E-state index in [2.05, 4.69) is 22.6 Å². The highest BCUT2D eigenvalue weighted by Crippen LogP contribution is 2.29. The Morgan fingerprint density at radius 3 is 3.00 bits per heavy atom. The lowest BCUT2D eigenvalue weighted by Gasteiger charge is -2.35. The van der Waals surface area contributed by atoms with Crippen LogP contribution in [-0.2, 0) is 4.74 Å². The van der Waals surface area contributed by atoms with Gasteiger partial charge in [0.05, 0.1) is 6.10 Å². The predicted molar refractivity (Wildman–Crippen MR) is 55.1 cm³/mol. The Labute approximate surface area is 82.0 Å². The summed E-state index contributed by atoms with van der Waals surface area (Å²) >= 11 is 2.37. The Balaban J connectivity index is 2.44. The minimum absolute atomic E-state index is 0.0550. The van der Waals surface area contributed by atoms with Crippen LogP contribution in [0.1, 0.15) is 25.7 Å². The number of hydrogen-bond acceptors (Lipinski definition) is 2. The molecule has 0 amide bonds. The van der Waals surface area contributed by atoms with Crippen LogP contribution in [-0.4, -0.2) is 23.2 Å². The van der Waals surface area contributed by atoms with E-state index in [0.717, 1.165) is 17.3 Å². The van der Waals surface area contributed by atoms with Gasteiger partial charge >= 0.3 is 0 Å². The molecule has 3 heteroatoms. The molecule has 0 aromatic rings. The third-order valence-corrected chi connectivity index (χ3v) is 3.95. The molecule has 1 rings (SSSR count). The van der Waals surface area contributed by atoms with Crippen molar-refractivity contribution in [3.8, 4) is 0 Å². The standard InChI is InChI=1S/C8H16INO/c1-11-7-3-2-4-8(10,5-7)6-9/h7H,2-6,10H2,1H3. The van der Waals surface area contributed by atoms with Gasteiger partial charge in [-0.1, -0.05) is 22.6 Å². The maximum atomic E-state index is 6.14. The zero-order chi connectivity index (χ0) is 8.32.